The number of hydrogen-bond acceptors (Lipinski definition) is 4. The molecular formula is C15H12ClN3OS. The number of halogens is 1. The van der Waals surface area contributed by atoms with Crippen LogP contribution in [0.25, 0.3) is 10.1 Å². The lowest BCUT2D eigenvalue weighted by atomic mass is 10.1. The van der Waals surface area contributed by atoms with Gasteiger partial charge in [0.25, 0.3) is 5.91 Å². The van der Waals surface area contributed by atoms with E-state index in [1.807, 2.05) is 29.6 Å². The molecule has 0 unspecified atom stereocenters. The van der Waals surface area contributed by atoms with Gasteiger partial charge in [0.1, 0.15) is 0 Å². The number of thiophene rings is 1. The molecule has 0 aliphatic carbocycles. The number of benzene rings is 2. The summed E-state index contributed by atoms with van der Waals surface area (Å²) in [6.07, 6.45) is 0. The van der Waals surface area contributed by atoms with Crippen LogP contribution in [0.15, 0.2) is 41.8 Å². The van der Waals surface area contributed by atoms with Crippen LogP contribution in [0.4, 0.5) is 17.1 Å². The van der Waals surface area contributed by atoms with Crippen molar-refractivity contribution in [3.05, 3.63) is 52.4 Å². The standard InChI is InChI=1S/C15H12ClN3OS/c16-12-7-9(17)6-11(15(18)20)14(12)19-10-1-2-13-8(5-10)3-4-21-13/h1-7,19H,17H2,(H2,18,20). The SMILES string of the molecule is NC(=O)c1cc(N)cc(Cl)c1Nc1ccc2sccc2c1. The highest BCUT2D eigenvalue weighted by Gasteiger charge is 2.14. The monoisotopic (exact) mass is 317 g/mol. The quantitative estimate of drug-likeness (QED) is 0.639. The highest BCUT2D eigenvalue weighted by atomic mass is 35.5. The van der Waals surface area contributed by atoms with Crippen LogP contribution in [0.2, 0.25) is 5.02 Å². The van der Waals surface area contributed by atoms with Gasteiger partial charge in [0.2, 0.25) is 0 Å². The Bertz CT molecular complexity index is 844. The van der Waals surface area contributed by atoms with Crippen LogP contribution in [0.5, 0.6) is 0 Å². The van der Waals surface area contributed by atoms with Crippen molar-refractivity contribution in [1.29, 1.82) is 0 Å². The van der Waals surface area contributed by atoms with Crippen LogP contribution in [-0.2, 0) is 0 Å². The molecule has 3 aromatic rings. The summed E-state index contributed by atoms with van der Waals surface area (Å²) in [5.74, 6) is -0.580. The maximum absolute atomic E-state index is 11.6. The van der Waals surface area contributed by atoms with E-state index in [2.05, 4.69) is 5.32 Å². The van der Waals surface area contributed by atoms with E-state index in [1.165, 1.54) is 10.8 Å². The molecule has 0 radical (unpaired) electrons. The predicted octanol–water partition coefficient (Wildman–Crippen LogP) is 3.98. The Balaban J connectivity index is 2.06. The van der Waals surface area contributed by atoms with Gasteiger partial charge in [-0.15, -0.1) is 11.3 Å². The lowest BCUT2D eigenvalue weighted by Crippen LogP contribution is -2.14. The van der Waals surface area contributed by atoms with Crippen LogP contribution in [0, 0.1) is 0 Å². The van der Waals surface area contributed by atoms with Crippen molar-refractivity contribution in [2.45, 2.75) is 0 Å². The van der Waals surface area contributed by atoms with Gasteiger partial charge in [-0.2, -0.15) is 0 Å². The number of carbonyl (C=O) groups is 1. The molecule has 4 nitrogen and oxygen atoms in total. The molecule has 0 saturated carbocycles. The molecule has 106 valence electrons. The molecule has 0 bridgehead atoms. The zero-order chi connectivity index (χ0) is 15.0. The summed E-state index contributed by atoms with van der Waals surface area (Å²) in [5.41, 5.74) is 13.0. The minimum atomic E-state index is -0.580. The first-order chi connectivity index (χ1) is 10.0. The molecule has 1 heterocycles. The second-order valence-corrected chi connectivity index (χ2v) is 5.94. The lowest BCUT2D eigenvalue weighted by Gasteiger charge is -2.13. The molecule has 0 spiro atoms. The fourth-order valence-corrected chi connectivity index (χ4v) is 3.18. The van der Waals surface area contributed by atoms with E-state index < -0.39 is 5.91 Å². The third kappa shape index (κ3) is 2.66. The van der Waals surface area contributed by atoms with Crippen molar-refractivity contribution in [2.75, 3.05) is 11.1 Å². The number of rotatable bonds is 3. The lowest BCUT2D eigenvalue weighted by molar-refractivity contribution is 0.100. The molecule has 2 aromatic carbocycles. The Labute approximate surface area is 130 Å². The van der Waals surface area contributed by atoms with Gasteiger partial charge in [0.05, 0.1) is 16.3 Å². The Hall–Kier alpha value is -2.24. The zero-order valence-electron chi connectivity index (χ0n) is 10.9. The highest BCUT2D eigenvalue weighted by Crippen LogP contribution is 2.33. The summed E-state index contributed by atoms with van der Waals surface area (Å²) in [6.45, 7) is 0. The predicted molar refractivity (Wildman–Crippen MR) is 89.5 cm³/mol. The van der Waals surface area contributed by atoms with E-state index in [1.54, 1.807) is 17.4 Å². The first-order valence-electron chi connectivity index (χ1n) is 6.18. The third-order valence-corrected chi connectivity index (χ3v) is 4.30. The second kappa shape index (κ2) is 5.27. The maximum atomic E-state index is 11.6. The number of fused-ring (bicyclic) bond motifs is 1. The second-order valence-electron chi connectivity index (χ2n) is 4.59. The molecule has 1 amide bonds. The van der Waals surface area contributed by atoms with Gasteiger partial charge < -0.3 is 16.8 Å². The number of hydrogen-bond donors (Lipinski definition) is 3. The normalized spacial score (nSPS) is 10.7. The number of nitrogen functional groups attached to an aromatic ring is 1. The number of nitrogens with two attached hydrogens (primary N) is 2. The van der Waals surface area contributed by atoms with Crippen molar-refractivity contribution >= 4 is 56.0 Å². The van der Waals surface area contributed by atoms with Crippen LogP contribution in [0.1, 0.15) is 10.4 Å². The summed E-state index contributed by atoms with van der Waals surface area (Å²) in [7, 11) is 0. The fraction of sp³-hybridized carbons (Fsp3) is 0. The third-order valence-electron chi connectivity index (χ3n) is 3.10. The molecule has 5 N–H and O–H groups in total. The van der Waals surface area contributed by atoms with Crippen molar-refractivity contribution < 1.29 is 4.79 Å². The van der Waals surface area contributed by atoms with Gasteiger partial charge >= 0.3 is 0 Å². The average molecular weight is 318 g/mol. The molecule has 0 saturated heterocycles. The summed E-state index contributed by atoms with van der Waals surface area (Å²) >= 11 is 7.85. The number of nitrogens with one attached hydrogen (secondary N) is 1. The molecule has 3 rings (SSSR count). The van der Waals surface area contributed by atoms with Gasteiger partial charge in [-0.3, -0.25) is 4.79 Å². The number of primary amides is 1. The largest absolute Gasteiger partial charge is 0.399 e. The molecule has 1 aromatic heterocycles. The number of carbonyl (C=O) groups excluding carboxylic acids is 1. The first kappa shape index (κ1) is 13.7. The number of anilines is 3. The maximum Gasteiger partial charge on any atom is 0.250 e. The van der Waals surface area contributed by atoms with Crippen molar-refractivity contribution in [3.8, 4) is 0 Å². The van der Waals surface area contributed by atoms with Crippen LogP contribution in [0.3, 0.4) is 0 Å². The van der Waals surface area contributed by atoms with Gasteiger partial charge in [-0.25, -0.2) is 0 Å². The molecule has 6 heteroatoms. The first-order valence-corrected chi connectivity index (χ1v) is 7.43. The Morgan fingerprint density at radius 2 is 2.00 bits per heavy atom. The van der Waals surface area contributed by atoms with Gasteiger partial charge in [0, 0.05) is 16.1 Å². The molecule has 0 aliphatic heterocycles. The van der Waals surface area contributed by atoms with Gasteiger partial charge in [-0.1, -0.05) is 11.6 Å². The molecular weight excluding hydrogens is 306 g/mol. The summed E-state index contributed by atoms with van der Waals surface area (Å²) in [4.78, 5) is 11.6. The van der Waals surface area contributed by atoms with Gasteiger partial charge in [0.15, 0.2) is 0 Å². The smallest absolute Gasteiger partial charge is 0.250 e. The van der Waals surface area contributed by atoms with Crippen molar-refractivity contribution in [1.82, 2.24) is 0 Å². The summed E-state index contributed by atoms with van der Waals surface area (Å²) in [5, 5.41) is 6.65. The molecule has 0 aliphatic rings. The minimum absolute atomic E-state index is 0.269. The minimum Gasteiger partial charge on any atom is -0.399 e. The van der Waals surface area contributed by atoms with Gasteiger partial charge in [-0.05, 0) is 47.2 Å². The average Bonchev–Trinajstić information content (AvgIpc) is 2.88. The van der Waals surface area contributed by atoms with Crippen molar-refractivity contribution in [3.63, 3.8) is 0 Å². The van der Waals surface area contributed by atoms with E-state index in [-0.39, 0.29) is 5.56 Å². The van der Waals surface area contributed by atoms with E-state index in [4.69, 9.17) is 23.1 Å². The van der Waals surface area contributed by atoms with E-state index in [0.29, 0.717) is 16.4 Å². The molecule has 0 fully saturated rings. The topological polar surface area (TPSA) is 81.1 Å². The zero-order valence-corrected chi connectivity index (χ0v) is 12.5. The van der Waals surface area contributed by atoms with Crippen molar-refractivity contribution in [2.24, 2.45) is 5.73 Å². The van der Waals surface area contributed by atoms with E-state index in [9.17, 15) is 4.79 Å². The van der Waals surface area contributed by atoms with Crippen LogP contribution < -0.4 is 16.8 Å². The Morgan fingerprint density at radius 1 is 1.19 bits per heavy atom. The summed E-state index contributed by atoms with van der Waals surface area (Å²) < 4.78 is 1.19. The summed E-state index contributed by atoms with van der Waals surface area (Å²) in [6, 6.07) is 11.1. The highest BCUT2D eigenvalue weighted by molar-refractivity contribution is 7.17. The van der Waals surface area contributed by atoms with E-state index in [0.717, 1.165) is 11.1 Å². The molecule has 21 heavy (non-hydrogen) atoms. The number of amides is 1. The molecule has 0 atom stereocenters. The Kier molecular flexibility index (Phi) is 3.45. The van der Waals surface area contributed by atoms with Crippen LogP contribution >= 0.6 is 22.9 Å². The van der Waals surface area contributed by atoms with E-state index >= 15 is 0 Å². The fourth-order valence-electron chi connectivity index (χ4n) is 2.14. The van der Waals surface area contributed by atoms with Crippen LogP contribution in [-0.4, -0.2) is 5.91 Å². The Morgan fingerprint density at radius 3 is 2.76 bits per heavy atom.